The van der Waals surface area contributed by atoms with Gasteiger partial charge >= 0.3 is 0 Å². The third-order valence-electron chi connectivity index (χ3n) is 4.24. The summed E-state index contributed by atoms with van der Waals surface area (Å²) in [6.45, 7) is 0. The number of carbonyl (C=O) groups excluding carboxylic acids is 1. The molecule has 0 saturated heterocycles. The fourth-order valence-corrected chi connectivity index (χ4v) is 3.05. The second-order valence-corrected chi connectivity index (χ2v) is 6.81. The van der Waals surface area contributed by atoms with Crippen LogP contribution in [-0.4, -0.2) is 21.1 Å². The van der Waals surface area contributed by atoms with Gasteiger partial charge in [-0.05, 0) is 48.1 Å². The molecule has 0 aliphatic heterocycles. The van der Waals surface area contributed by atoms with E-state index in [2.05, 4.69) is 15.6 Å². The molecule has 1 aromatic heterocycles. The largest absolute Gasteiger partial charge is 0.507 e. The molecular weight excluding hydrogens is 398 g/mol. The number of aromatic nitrogens is 1. The number of rotatable bonds is 4. The highest BCUT2D eigenvalue weighted by Gasteiger charge is 2.13. The van der Waals surface area contributed by atoms with Gasteiger partial charge in [0.25, 0.3) is 0 Å². The number of fused-ring (bicyclic) bond motifs is 1. The summed E-state index contributed by atoms with van der Waals surface area (Å²) in [5.74, 6) is -0.0597. The van der Waals surface area contributed by atoms with Crippen LogP contribution in [0.1, 0.15) is 5.56 Å². The lowest BCUT2D eigenvalue weighted by atomic mass is 10.2. The highest BCUT2D eigenvalue weighted by molar-refractivity contribution is 7.80. The Morgan fingerprint density at radius 3 is 2.57 bits per heavy atom. The summed E-state index contributed by atoms with van der Waals surface area (Å²) in [6, 6.07) is 21.7. The van der Waals surface area contributed by atoms with Crippen LogP contribution in [0.5, 0.6) is 5.75 Å². The Kier molecular flexibility index (Phi) is 5.54. The van der Waals surface area contributed by atoms with E-state index in [-0.39, 0.29) is 16.8 Å². The van der Waals surface area contributed by atoms with Crippen molar-refractivity contribution in [1.29, 1.82) is 0 Å². The van der Waals surface area contributed by atoms with Crippen LogP contribution in [0.15, 0.2) is 83.3 Å². The number of hydrogen-bond donors (Lipinski definition) is 3. The number of anilines is 1. The number of benzene rings is 3. The lowest BCUT2D eigenvalue weighted by Crippen LogP contribution is -2.32. The van der Waals surface area contributed by atoms with Crippen LogP contribution in [0.3, 0.4) is 0 Å². The number of nitrogens with zero attached hydrogens (tertiary/aromatic N) is 1. The van der Waals surface area contributed by atoms with E-state index in [1.165, 1.54) is 12.1 Å². The van der Waals surface area contributed by atoms with Crippen molar-refractivity contribution in [3.8, 4) is 17.2 Å². The lowest BCUT2D eigenvalue weighted by Gasteiger charge is -2.09. The maximum atomic E-state index is 12.0. The highest BCUT2D eigenvalue weighted by Crippen LogP contribution is 2.32. The van der Waals surface area contributed by atoms with Gasteiger partial charge in [0.05, 0.1) is 5.56 Å². The number of thiocarbonyl (C=S) groups is 1. The molecular formula is C23H17N3O3S. The highest BCUT2D eigenvalue weighted by atomic mass is 32.1. The summed E-state index contributed by atoms with van der Waals surface area (Å²) in [4.78, 5) is 16.4. The fourth-order valence-electron chi connectivity index (χ4n) is 2.83. The molecule has 3 aromatic carbocycles. The van der Waals surface area contributed by atoms with Crippen LogP contribution in [0.25, 0.3) is 28.6 Å². The Balaban J connectivity index is 1.41. The summed E-state index contributed by atoms with van der Waals surface area (Å²) in [5.41, 5.74) is 3.23. The van der Waals surface area contributed by atoms with E-state index >= 15 is 0 Å². The molecule has 4 aromatic rings. The molecule has 0 spiro atoms. The molecule has 3 N–H and O–H groups in total. The molecule has 0 unspecified atom stereocenters. The number of para-hydroxylation sites is 2. The number of phenolic OH excluding ortho intramolecular Hbond substituents is 1. The molecule has 30 heavy (non-hydrogen) atoms. The Bertz CT molecular complexity index is 1220. The third kappa shape index (κ3) is 4.53. The summed E-state index contributed by atoms with van der Waals surface area (Å²) in [5, 5.41) is 15.9. The normalized spacial score (nSPS) is 10.9. The van der Waals surface area contributed by atoms with Crippen molar-refractivity contribution in [3.63, 3.8) is 0 Å². The maximum absolute atomic E-state index is 12.0. The molecule has 0 atom stereocenters. The molecule has 4 rings (SSSR count). The quantitative estimate of drug-likeness (QED) is 0.330. The minimum Gasteiger partial charge on any atom is -0.507 e. The summed E-state index contributed by atoms with van der Waals surface area (Å²) < 4.78 is 5.69. The number of oxazole rings is 1. The number of nitrogens with one attached hydrogen (secondary N) is 2. The van der Waals surface area contributed by atoms with Crippen molar-refractivity contribution in [2.24, 2.45) is 0 Å². The molecule has 0 radical (unpaired) electrons. The topological polar surface area (TPSA) is 87.4 Å². The molecule has 6 nitrogen and oxygen atoms in total. The van der Waals surface area contributed by atoms with Gasteiger partial charge in [-0.3, -0.25) is 10.1 Å². The number of aromatic hydroxyl groups is 1. The first-order chi connectivity index (χ1) is 14.6. The van der Waals surface area contributed by atoms with Crippen molar-refractivity contribution < 1.29 is 14.3 Å². The zero-order valence-corrected chi connectivity index (χ0v) is 16.5. The zero-order valence-electron chi connectivity index (χ0n) is 15.7. The van der Waals surface area contributed by atoms with Gasteiger partial charge in [-0.25, -0.2) is 4.98 Å². The average Bonchev–Trinajstić information content (AvgIpc) is 3.17. The van der Waals surface area contributed by atoms with Crippen LogP contribution in [0.4, 0.5) is 5.69 Å². The SMILES string of the molecule is O=C(/C=C/c1ccccc1)NC(=S)Nc1ccc(-c2nc3ccccc3o2)c(O)c1. The van der Waals surface area contributed by atoms with Gasteiger partial charge in [-0.1, -0.05) is 42.5 Å². The van der Waals surface area contributed by atoms with Gasteiger partial charge in [0, 0.05) is 17.8 Å². The van der Waals surface area contributed by atoms with Crippen LogP contribution in [0.2, 0.25) is 0 Å². The first kappa shape index (κ1) is 19.4. The van der Waals surface area contributed by atoms with E-state index in [4.69, 9.17) is 16.6 Å². The van der Waals surface area contributed by atoms with Gasteiger partial charge in [-0.15, -0.1) is 0 Å². The Labute approximate surface area is 177 Å². The van der Waals surface area contributed by atoms with Gasteiger partial charge < -0.3 is 14.8 Å². The first-order valence-corrected chi connectivity index (χ1v) is 9.53. The van der Waals surface area contributed by atoms with Crippen LogP contribution in [-0.2, 0) is 4.79 Å². The third-order valence-corrected chi connectivity index (χ3v) is 4.45. The predicted molar refractivity (Wildman–Crippen MR) is 121 cm³/mol. The van der Waals surface area contributed by atoms with Gasteiger partial charge in [0.15, 0.2) is 10.7 Å². The molecule has 1 amide bonds. The molecule has 7 heteroatoms. The lowest BCUT2D eigenvalue weighted by molar-refractivity contribution is -0.115. The van der Waals surface area contributed by atoms with Crippen molar-refractivity contribution in [1.82, 2.24) is 10.3 Å². The summed E-state index contributed by atoms with van der Waals surface area (Å²) in [6.07, 6.45) is 3.09. The second-order valence-electron chi connectivity index (χ2n) is 6.41. The summed E-state index contributed by atoms with van der Waals surface area (Å²) >= 11 is 5.17. The first-order valence-electron chi connectivity index (χ1n) is 9.12. The maximum Gasteiger partial charge on any atom is 0.250 e. The standard InChI is InChI=1S/C23H17N3O3S/c27-19-14-16(11-12-17(19)22-25-18-8-4-5-9-20(18)29-22)24-23(30)26-21(28)13-10-15-6-2-1-3-7-15/h1-14,27H,(H2,24,26,28,30)/b13-10+. The second kappa shape index (κ2) is 8.59. The fraction of sp³-hybridized carbons (Fsp3) is 0. The van der Waals surface area contributed by atoms with Crippen molar-refractivity contribution in [3.05, 3.63) is 84.4 Å². The van der Waals surface area contributed by atoms with Gasteiger partial charge in [0.1, 0.15) is 11.3 Å². The monoisotopic (exact) mass is 415 g/mol. The van der Waals surface area contributed by atoms with E-state index in [1.54, 1.807) is 18.2 Å². The molecule has 0 fully saturated rings. The molecule has 0 aliphatic carbocycles. The average molecular weight is 415 g/mol. The minimum atomic E-state index is -0.358. The molecule has 0 aliphatic rings. The van der Waals surface area contributed by atoms with Gasteiger partial charge in [0.2, 0.25) is 11.8 Å². The van der Waals surface area contributed by atoms with Crippen LogP contribution >= 0.6 is 12.2 Å². The van der Waals surface area contributed by atoms with E-state index in [1.807, 2.05) is 54.6 Å². The van der Waals surface area contributed by atoms with E-state index < -0.39 is 0 Å². The Morgan fingerprint density at radius 1 is 1.03 bits per heavy atom. The predicted octanol–water partition coefficient (Wildman–Crippen LogP) is 4.73. The molecule has 0 saturated carbocycles. The Hall–Kier alpha value is -3.97. The van der Waals surface area contributed by atoms with E-state index in [9.17, 15) is 9.90 Å². The number of hydrogen-bond acceptors (Lipinski definition) is 5. The van der Waals surface area contributed by atoms with E-state index in [0.717, 1.165) is 5.56 Å². The molecule has 1 heterocycles. The minimum absolute atomic E-state index is 0.0235. The summed E-state index contributed by atoms with van der Waals surface area (Å²) in [7, 11) is 0. The smallest absolute Gasteiger partial charge is 0.250 e. The van der Waals surface area contributed by atoms with E-state index in [0.29, 0.717) is 28.2 Å². The van der Waals surface area contributed by atoms with Crippen LogP contribution < -0.4 is 10.6 Å². The zero-order chi connectivity index (χ0) is 20.9. The van der Waals surface area contributed by atoms with Crippen molar-refractivity contribution in [2.45, 2.75) is 0 Å². The van der Waals surface area contributed by atoms with Crippen LogP contribution in [0, 0.1) is 0 Å². The number of amides is 1. The number of phenols is 1. The van der Waals surface area contributed by atoms with Gasteiger partial charge in [-0.2, -0.15) is 0 Å². The number of carbonyl (C=O) groups is 1. The molecule has 0 bridgehead atoms. The Morgan fingerprint density at radius 2 is 1.80 bits per heavy atom. The van der Waals surface area contributed by atoms with Crippen molar-refractivity contribution >= 4 is 46.1 Å². The molecule has 148 valence electrons. The van der Waals surface area contributed by atoms with Crippen molar-refractivity contribution in [2.75, 3.05) is 5.32 Å².